The highest BCUT2D eigenvalue weighted by Gasteiger charge is 2.29. The molecule has 2 rings (SSSR count). The number of hydrogen-bond donors (Lipinski definition) is 0. The molecule has 0 bridgehead atoms. The van der Waals surface area contributed by atoms with Crippen molar-refractivity contribution in [2.24, 2.45) is 0 Å². The summed E-state index contributed by atoms with van der Waals surface area (Å²) in [6.07, 6.45) is 4.80. The van der Waals surface area contributed by atoms with Gasteiger partial charge in [-0.3, -0.25) is 0 Å². The van der Waals surface area contributed by atoms with Gasteiger partial charge in [-0.05, 0) is 25.0 Å². The van der Waals surface area contributed by atoms with E-state index in [9.17, 15) is 8.42 Å². The summed E-state index contributed by atoms with van der Waals surface area (Å²) in [5.74, 6) is 0.975. The Morgan fingerprint density at radius 1 is 1.37 bits per heavy atom. The van der Waals surface area contributed by atoms with Gasteiger partial charge in [-0.1, -0.05) is 13.0 Å². The largest absolute Gasteiger partial charge is 0.357 e. The number of sulfonamides is 1. The number of hydrogen-bond acceptors (Lipinski definition) is 4. The fourth-order valence-electron chi connectivity index (χ4n) is 2.69. The van der Waals surface area contributed by atoms with Gasteiger partial charge in [0.15, 0.2) is 0 Å². The molecule has 5 nitrogen and oxygen atoms in total. The number of nitrogens with zero attached hydrogens (tertiary/aromatic N) is 3. The predicted molar refractivity (Wildman–Crippen MR) is 76.7 cm³/mol. The summed E-state index contributed by atoms with van der Waals surface area (Å²) < 4.78 is 25.0. The Morgan fingerprint density at radius 3 is 2.53 bits per heavy atom. The van der Waals surface area contributed by atoms with Crippen LogP contribution in [0.2, 0.25) is 0 Å². The molecular formula is C13H21N3O2S. The van der Waals surface area contributed by atoms with E-state index in [1.807, 2.05) is 25.1 Å². The first-order valence-electron chi connectivity index (χ1n) is 6.65. The van der Waals surface area contributed by atoms with Gasteiger partial charge in [-0.25, -0.2) is 13.4 Å². The van der Waals surface area contributed by atoms with E-state index in [0.717, 1.165) is 31.7 Å². The average molecular weight is 283 g/mol. The number of piperidine rings is 1. The molecule has 1 aliphatic heterocycles. The average Bonchev–Trinajstić information content (AvgIpc) is 2.40. The highest BCUT2D eigenvalue weighted by atomic mass is 32.2. The first-order chi connectivity index (χ1) is 9.02. The highest BCUT2D eigenvalue weighted by Crippen LogP contribution is 2.22. The lowest BCUT2D eigenvalue weighted by Gasteiger charge is -2.37. The number of anilines is 1. The highest BCUT2D eigenvalue weighted by molar-refractivity contribution is 7.88. The first-order valence-corrected chi connectivity index (χ1v) is 8.50. The van der Waals surface area contributed by atoms with Gasteiger partial charge < -0.3 is 4.90 Å². The zero-order valence-corrected chi connectivity index (χ0v) is 12.3. The van der Waals surface area contributed by atoms with Crippen molar-refractivity contribution in [1.29, 1.82) is 0 Å². The van der Waals surface area contributed by atoms with E-state index in [0.29, 0.717) is 6.54 Å². The maximum absolute atomic E-state index is 11.7. The van der Waals surface area contributed by atoms with Crippen LogP contribution in [0.25, 0.3) is 0 Å². The van der Waals surface area contributed by atoms with Crippen LogP contribution >= 0.6 is 0 Å². The predicted octanol–water partition coefficient (Wildman–Crippen LogP) is 1.33. The fraction of sp³-hybridized carbons (Fsp3) is 0.615. The van der Waals surface area contributed by atoms with E-state index >= 15 is 0 Å². The van der Waals surface area contributed by atoms with Crippen LogP contribution in [0.4, 0.5) is 5.82 Å². The zero-order valence-electron chi connectivity index (χ0n) is 11.5. The van der Waals surface area contributed by atoms with Crippen molar-refractivity contribution in [2.75, 3.05) is 30.8 Å². The van der Waals surface area contributed by atoms with Gasteiger partial charge in [0.05, 0.1) is 6.26 Å². The molecule has 1 aromatic rings. The minimum atomic E-state index is -3.10. The number of pyridine rings is 1. The van der Waals surface area contributed by atoms with Crippen LogP contribution in [-0.4, -0.2) is 49.6 Å². The summed E-state index contributed by atoms with van der Waals surface area (Å²) in [6.45, 7) is 4.15. The van der Waals surface area contributed by atoms with Crippen molar-refractivity contribution in [1.82, 2.24) is 9.29 Å². The fourth-order valence-corrected chi connectivity index (χ4v) is 3.91. The lowest BCUT2D eigenvalue weighted by molar-refractivity contribution is 0.285. The minimum Gasteiger partial charge on any atom is -0.357 e. The van der Waals surface area contributed by atoms with Crippen molar-refractivity contribution >= 4 is 15.8 Å². The van der Waals surface area contributed by atoms with E-state index in [1.54, 1.807) is 10.5 Å². The lowest BCUT2D eigenvalue weighted by Crippen LogP contribution is -2.47. The maximum atomic E-state index is 11.7. The molecule has 0 radical (unpaired) electrons. The number of rotatable bonds is 4. The van der Waals surface area contributed by atoms with E-state index in [1.165, 1.54) is 6.26 Å². The van der Waals surface area contributed by atoms with Gasteiger partial charge >= 0.3 is 0 Å². The molecule has 1 aromatic heterocycles. The quantitative estimate of drug-likeness (QED) is 0.836. The molecule has 0 amide bonds. The van der Waals surface area contributed by atoms with Crippen LogP contribution in [0, 0.1) is 0 Å². The second kappa shape index (κ2) is 5.88. The van der Waals surface area contributed by atoms with E-state index in [-0.39, 0.29) is 6.04 Å². The Labute approximate surface area is 115 Å². The second-order valence-electron chi connectivity index (χ2n) is 4.87. The molecular weight excluding hydrogens is 262 g/mol. The smallest absolute Gasteiger partial charge is 0.211 e. The molecule has 0 atom stereocenters. The topological polar surface area (TPSA) is 53.5 Å². The second-order valence-corrected chi connectivity index (χ2v) is 6.81. The Morgan fingerprint density at radius 2 is 2.05 bits per heavy atom. The van der Waals surface area contributed by atoms with Gasteiger partial charge in [-0.2, -0.15) is 4.31 Å². The third kappa shape index (κ3) is 3.45. The molecule has 1 saturated heterocycles. The molecule has 106 valence electrons. The third-order valence-electron chi connectivity index (χ3n) is 3.58. The van der Waals surface area contributed by atoms with Crippen LogP contribution in [0.1, 0.15) is 19.8 Å². The van der Waals surface area contributed by atoms with Crippen molar-refractivity contribution in [3.63, 3.8) is 0 Å². The van der Waals surface area contributed by atoms with Crippen molar-refractivity contribution in [2.45, 2.75) is 25.8 Å². The summed E-state index contributed by atoms with van der Waals surface area (Å²) in [4.78, 5) is 6.55. The van der Waals surface area contributed by atoms with E-state index in [2.05, 4.69) is 9.88 Å². The molecule has 0 spiro atoms. The summed E-state index contributed by atoms with van der Waals surface area (Å²) in [7, 11) is -3.10. The van der Waals surface area contributed by atoms with Gasteiger partial charge in [0.2, 0.25) is 10.0 Å². The number of aromatic nitrogens is 1. The van der Waals surface area contributed by atoms with Crippen molar-refractivity contribution < 1.29 is 8.42 Å². The monoisotopic (exact) mass is 283 g/mol. The molecule has 1 fully saturated rings. The Balaban J connectivity index is 1.99. The molecule has 0 aromatic carbocycles. The maximum Gasteiger partial charge on any atom is 0.211 e. The van der Waals surface area contributed by atoms with Gasteiger partial charge in [0, 0.05) is 31.9 Å². The standard InChI is InChI=1S/C13H21N3O2S/c1-3-16(19(2,17)18)12-7-10-15(11-8-12)13-6-4-5-9-14-13/h4-6,9,12H,3,7-8,10-11H2,1-2H3. The Kier molecular flexibility index (Phi) is 4.42. The van der Waals surface area contributed by atoms with Crippen LogP contribution in [0.15, 0.2) is 24.4 Å². The molecule has 19 heavy (non-hydrogen) atoms. The van der Waals surface area contributed by atoms with Crippen LogP contribution in [0.5, 0.6) is 0 Å². The molecule has 0 aliphatic carbocycles. The van der Waals surface area contributed by atoms with Gasteiger partial charge in [0.25, 0.3) is 0 Å². The van der Waals surface area contributed by atoms with Crippen LogP contribution in [-0.2, 0) is 10.0 Å². The lowest BCUT2D eigenvalue weighted by atomic mass is 10.1. The normalized spacial score (nSPS) is 17.9. The molecule has 6 heteroatoms. The summed E-state index contributed by atoms with van der Waals surface area (Å²) in [6, 6.07) is 6.00. The molecule has 1 aliphatic rings. The van der Waals surface area contributed by atoms with Crippen molar-refractivity contribution in [3.8, 4) is 0 Å². The molecule has 0 unspecified atom stereocenters. The summed E-state index contributed by atoms with van der Waals surface area (Å²) in [5.41, 5.74) is 0. The van der Waals surface area contributed by atoms with E-state index < -0.39 is 10.0 Å². The van der Waals surface area contributed by atoms with Crippen LogP contribution < -0.4 is 4.90 Å². The third-order valence-corrected chi connectivity index (χ3v) is 4.99. The van der Waals surface area contributed by atoms with E-state index in [4.69, 9.17) is 0 Å². The van der Waals surface area contributed by atoms with Gasteiger partial charge in [0.1, 0.15) is 5.82 Å². The van der Waals surface area contributed by atoms with Crippen molar-refractivity contribution in [3.05, 3.63) is 24.4 Å². The molecule has 0 saturated carbocycles. The molecule has 0 N–H and O–H groups in total. The molecule has 2 heterocycles. The Hall–Kier alpha value is -1.14. The minimum absolute atomic E-state index is 0.125. The van der Waals surface area contributed by atoms with Gasteiger partial charge in [-0.15, -0.1) is 0 Å². The SMILES string of the molecule is CCN(C1CCN(c2ccccn2)CC1)S(C)(=O)=O. The summed E-state index contributed by atoms with van der Waals surface area (Å²) >= 11 is 0. The summed E-state index contributed by atoms with van der Waals surface area (Å²) in [5, 5.41) is 0. The van der Waals surface area contributed by atoms with Crippen LogP contribution in [0.3, 0.4) is 0 Å². The first kappa shape index (κ1) is 14.3. The zero-order chi connectivity index (χ0) is 13.9. The Bertz CT molecular complexity index is 496.